The average molecular weight is 924 g/mol. The van der Waals surface area contributed by atoms with Crippen LogP contribution in [0, 0.1) is 33.7 Å². The van der Waals surface area contributed by atoms with Gasteiger partial charge in [0.25, 0.3) is 5.69 Å². The predicted octanol–water partition coefficient (Wildman–Crippen LogP) is 10.7. The fourth-order valence-corrected chi connectivity index (χ4v) is 10.1. The topological polar surface area (TPSA) is 162 Å². The fourth-order valence-electron chi connectivity index (χ4n) is 9.69. The third-order valence-corrected chi connectivity index (χ3v) is 13.4. The SMILES string of the molecule is C=CCO[C@@]12Oc3ccc(Oc4ccc(SC)cc4)cc3[C@H]3[C@H](CCCCO)[C@@H](CCCCO)C=C(C(=NOCc4ccc([N+](=O)[O-])cc4)C[C@@H]1N(Cc1ccc(F)cc1)C(=O)OCC)[C@H]32. The Labute approximate surface area is 389 Å². The van der Waals surface area contributed by atoms with Crippen LogP contribution in [0.25, 0.3) is 0 Å². The maximum absolute atomic E-state index is 14.5. The number of carbonyl (C=O) groups is 1. The van der Waals surface area contributed by atoms with Gasteiger partial charge in [0.05, 0.1) is 29.8 Å². The van der Waals surface area contributed by atoms with E-state index in [2.05, 4.69) is 12.7 Å². The van der Waals surface area contributed by atoms with Crippen LogP contribution in [0.3, 0.4) is 0 Å². The number of benzene rings is 4. The molecule has 1 amide bonds. The van der Waals surface area contributed by atoms with Crippen LogP contribution in [0.1, 0.15) is 74.5 Å². The molecule has 0 radical (unpaired) electrons. The van der Waals surface area contributed by atoms with Gasteiger partial charge in [-0.05, 0) is 134 Å². The minimum absolute atomic E-state index is 0.00445. The van der Waals surface area contributed by atoms with Crippen molar-refractivity contribution in [3.8, 4) is 17.2 Å². The lowest BCUT2D eigenvalue weighted by molar-refractivity contribution is -0.384. The molecule has 350 valence electrons. The maximum Gasteiger partial charge on any atom is 0.410 e. The number of amides is 1. The molecule has 1 heterocycles. The van der Waals surface area contributed by atoms with E-state index in [9.17, 15) is 29.5 Å². The summed E-state index contributed by atoms with van der Waals surface area (Å²) in [6, 6.07) is 24.8. The van der Waals surface area contributed by atoms with Gasteiger partial charge < -0.3 is 34.0 Å². The Kier molecular flexibility index (Phi) is 16.5. The number of halogens is 1. The summed E-state index contributed by atoms with van der Waals surface area (Å²) in [6.07, 6.45) is 9.58. The molecule has 0 bridgehead atoms. The highest BCUT2D eigenvalue weighted by Crippen LogP contribution is 2.62. The summed E-state index contributed by atoms with van der Waals surface area (Å²) < 4.78 is 41.0. The monoisotopic (exact) mass is 923 g/mol. The molecule has 6 atom stereocenters. The first-order chi connectivity index (χ1) is 32.1. The second kappa shape index (κ2) is 22.6. The highest BCUT2D eigenvalue weighted by atomic mass is 32.2. The van der Waals surface area contributed by atoms with Crippen molar-refractivity contribution in [3.05, 3.63) is 148 Å². The predicted molar refractivity (Wildman–Crippen MR) is 250 cm³/mol. The van der Waals surface area contributed by atoms with Gasteiger partial charge in [-0.3, -0.25) is 15.0 Å². The van der Waals surface area contributed by atoms with E-state index in [0.717, 1.165) is 41.7 Å². The third kappa shape index (κ3) is 10.9. The van der Waals surface area contributed by atoms with Crippen molar-refractivity contribution in [3.63, 3.8) is 0 Å². The number of fused-ring (bicyclic) bond motifs is 2. The number of aliphatic hydroxyl groups is 2. The molecule has 3 aliphatic rings. The smallest absolute Gasteiger partial charge is 0.410 e. The highest BCUT2D eigenvalue weighted by Gasteiger charge is 2.65. The van der Waals surface area contributed by atoms with Crippen molar-refractivity contribution >= 4 is 29.3 Å². The van der Waals surface area contributed by atoms with Gasteiger partial charge >= 0.3 is 6.09 Å². The normalized spacial score (nSPS) is 22.3. The second-order valence-electron chi connectivity index (χ2n) is 16.7. The Morgan fingerprint density at radius 1 is 0.985 bits per heavy atom. The highest BCUT2D eigenvalue weighted by molar-refractivity contribution is 7.98. The zero-order chi connectivity index (χ0) is 46.6. The van der Waals surface area contributed by atoms with Gasteiger partial charge in [0, 0.05) is 54.7 Å². The molecule has 0 saturated heterocycles. The summed E-state index contributed by atoms with van der Waals surface area (Å²) in [5.41, 5.74) is 3.53. The summed E-state index contributed by atoms with van der Waals surface area (Å²) in [4.78, 5) is 34.2. The maximum atomic E-state index is 14.5. The Morgan fingerprint density at radius 2 is 1.68 bits per heavy atom. The molecule has 4 aromatic carbocycles. The molecular weight excluding hydrogens is 866 g/mol. The molecule has 0 unspecified atom stereocenters. The van der Waals surface area contributed by atoms with Crippen LogP contribution in [-0.4, -0.2) is 76.4 Å². The molecule has 2 aliphatic carbocycles. The van der Waals surface area contributed by atoms with E-state index in [-0.39, 0.29) is 69.4 Å². The summed E-state index contributed by atoms with van der Waals surface area (Å²) in [6.45, 7) is 5.99. The van der Waals surface area contributed by atoms with Crippen molar-refractivity contribution in [2.75, 3.05) is 32.7 Å². The molecule has 7 rings (SSSR count). The molecule has 0 aromatic heterocycles. The fraction of sp³-hybridized carbons (Fsp3) is 0.412. The molecule has 0 spiro atoms. The third-order valence-electron chi connectivity index (χ3n) is 12.6. The molecule has 15 heteroatoms. The molecule has 1 aliphatic heterocycles. The minimum Gasteiger partial charge on any atom is -0.459 e. The summed E-state index contributed by atoms with van der Waals surface area (Å²) in [7, 11) is 0. The lowest BCUT2D eigenvalue weighted by atomic mass is 9.55. The number of nitro groups is 1. The van der Waals surface area contributed by atoms with E-state index in [1.807, 2.05) is 48.7 Å². The van der Waals surface area contributed by atoms with Crippen LogP contribution in [0.4, 0.5) is 14.9 Å². The summed E-state index contributed by atoms with van der Waals surface area (Å²) >= 11 is 1.64. The number of aliphatic hydroxyl groups excluding tert-OH is 2. The first-order valence-electron chi connectivity index (χ1n) is 22.6. The van der Waals surface area contributed by atoms with Crippen LogP contribution in [0.2, 0.25) is 0 Å². The van der Waals surface area contributed by atoms with E-state index in [4.69, 9.17) is 28.9 Å². The number of nitrogens with zero attached hydrogens (tertiary/aromatic N) is 3. The first kappa shape index (κ1) is 48.2. The van der Waals surface area contributed by atoms with Crippen molar-refractivity contribution in [1.82, 2.24) is 4.90 Å². The number of rotatable bonds is 22. The van der Waals surface area contributed by atoms with Crippen LogP contribution < -0.4 is 9.47 Å². The van der Waals surface area contributed by atoms with Gasteiger partial charge in [0.2, 0.25) is 5.79 Å². The van der Waals surface area contributed by atoms with Crippen LogP contribution >= 0.6 is 11.8 Å². The van der Waals surface area contributed by atoms with Gasteiger partial charge in [-0.1, -0.05) is 42.3 Å². The van der Waals surface area contributed by atoms with Crippen molar-refractivity contribution in [1.29, 1.82) is 0 Å². The summed E-state index contributed by atoms with van der Waals surface area (Å²) in [5.74, 6) is -1.15. The standard InChI is InChI=1S/C51H58FN3O10S/c1-4-28-62-51-47(54(50(58)61-5-2)32-34-12-16-37(52)17-13-34)31-45(53-63-33-35-14-18-38(19-15-35)55(59)60)43-29-36(10-6-8-26-56)42(11-7-9-27-57)48(49(43)51)44-30-40(22-25-46(44)65-51)64-39-20-23-41(66-3)24-21-39/h4,12-25,29-30,36,42,47-49,56-57H,1,5-11,26-28,31-33H2,2-3H3/t36-,42+,47-,48+,49+,51+/m0/s1. The Hall–Kier alpha value is -5.74. The van der Waals surface area contributed by atoms with Crippen molar-refractivity contribution in [2.45, 2.75) is 87.7 Å². The van der Waals surface area contributed by atoms with Crippen LogP contribution in [0.15, 0.2) is 125 Å². The number of hydrogen-bond acceptors (Lipinski definition) is 12. The molecule has 1 fully saturated rings. The minimum atomic E-state index is -1.57. The number of oxime groups is 1. The number of ether oxygens (including phenoxy) is 4. The lowest BCUT2D eigenvalue weighted by Crippen LogP contribution is -2.70. The molecule has 2 N–H and O–H groups in total. The number of non-ortho nitro benzene ring substituents is 1. The number of hydrogen-bond donors (Lipinski definition) is 2. The van der Waals surface area contributed by atoms with Gasteiger partial charge in [-0.25, -0.2) is 9.18 Å². The van der Waals surface area contributed by atoms with Gasteiger partial charge in [-0.15, -0.1) is 18.3 Å². The average Bonchev–Trinajstić information content (AvgIpc) is 3.32. The molecular formula is C51H58FN3O10S. The molecule has 66 heavy (non-hydrogen) atoms. The van der Waals surface area contributed by atoms with E-state index in [0.29, 0.717) is 46.9 Å². The van der Waals surface area contributed by atoms with E-state index < -0.39 is 34.6 Å². The van der Waals surface area contributed by atoms with Crippen molar-refractivity contribution in [2.24, 2.45) is 22.9 Å². The zero-order valence-electron chi connectivity index (χ0n) is 37.4. The Balaban J connectivity index is 1.44. The van der Waals surface area contributed by atoms with E-state index >= 15 is 0 Å². The van der Waals surface area contributed by atoms with E-state index in [1.54, 1.807) is 53.9 Å². The Morgan fingerprint density at radius 3 is 2.35 bits per heavy atom. The van der Waals surface area contributed by atoms with Crippen molar-refractivity contribution < 1.29 is 48.1 Å². The van der Waals surface area contributed by atoms with E-state index in [1.165, 1.54) is 24.3 Å². The number of unbranched alkanes of at least 4 members (excludes halogenated alkanes) is 2. The number of carbonyl (C=O) groups excluding carboxylic acids is 1. The second-order valence-corrected chi connectivity index (χ2v) is 17.6. The van der Waals surface area contributed by atoms with Gasteiger partial charge in [0.15, 0.2) is 0 Å². The number of nitro benzene ring substituents is 1. The largest absolute Gasteiger partial charge is 0.459 e. The molecule has 1 saturated carbocycles. The van der Waals surface area contributed by atoms with Gasteiger partial charge in [0.1, 0.15) is 35.7 Å². The zero-order valence-corrected chi connectivity index (χ0v) is 38.2. The van der Waals surface area contributed by atoms with Gasteiger partial charge in [-0.2, -0.15) is 0 Å². The van der Waals surface area contributed by atoms with Crippen LogP contribution in [-0.2, 0) is 27.5 Å². The number of allylic oxidation sites excluding steroid dienone is 1. The number of thioether (sulfide) groups is 1. The Bertz CT molecular complexity index is 2340. The first-order valence-corrected chi connectivity index (χ1v) is 23.8. The molecule has 4 aromatic rings. The molecule has 13 nitrogen and oxygen atoms in total. The lowest BCUT2D eigenvalue weighted by Gasteiger charge is -2.59. The quantitative estimate of drug-likeness (QED) is 0.0254. The summed E-state index contributed by atoms with van der Waals surface area (Å²) in [5, 5.41) is 36.2. The van der Waals surface area contributed by atoms with Crippen LogP contribution in [0.5, 0.6) is 17.2 Å².